The van der Waals surface area contributed by atoms with Gasteiger partial charge in [-0.25, -0.2) is 8.78 Å². The number of hydrogen-bond acceptors (Lipinski definition) is 1. The summed E-state index contributed by atoms with van der Waals surface area (Å²) < 4.78 is 25.9. The second kappa shape index (κ2) is 5.58. The van der Waals surface area contributed by atoms with E-state index in [1.807, 2.05) is 0 Å². The van der Waals surface area contributed by atoms with E-state index in [2.05, 4.69) is 12.2 Å². The van der Waals surface area contributed by atoms with E-state index in [4.69, 9.17) is 0 Å². The van der Waals surface area contributed by atoms with Gasteiger partial charge in [-0.15, -0.1) is 0 Å². The molecule has 1 N–H and O–H groups in total. The van der Waals surface area contributed by atoms with Crippen LogP contribution in [0.15, 0.2) is 18.2 Å². The Labute approximate surface area is 101 Å². The topological polar surface area (TPSA) is 12.0 Å². The highest BCUT2D eigenvalue weighted by Crippen LogP contribution is 2.30. The molecule has 1 saturated carbocycles. The van der Waals surface area contributed by atoms with Crippen molar-refractivity contribution in [3.63, 3.8) is 0 Å². The van der Waals surface area contributed by atoms with Gasteiger partial charge in [0.05, 0.1) is 0 Å². The molecule has 2 unspecified atom stereocenters. The zero-order valence-corrected chi connectivity index (χ0v) is 10.2. The van der Waals surface area contributed by atoms with Gasteiger partial charge < -0.3 is 5.32 Å². The summed E-state index contributed by atoms with van der Waals surface area (Å²) in [5, 5.41) is 3.30. The van der Waals surface area contributed by atoms with Crippen LogP contribution in [0.5, 0.6) is 0 Å². The SMILES string of the molecule is CC1CCCC1CNCc1cc(F)cc(F)c1. The first-order valence-electron chi connectivity index (χ1n) is 6.31. The summed E-state index contributed by atoms with van der Waals surface area (Å²) in [6.07, 6.45) is 3.88. The summed E-state index contributed by atoms with van der Waals surface area (Å²) in [6, 6.07) is 3.67. The van der Waals surface area contributed by atoms with Crippen molar-refractivity contribution in [1.82, 2.24) is 5.32 Å². The summed E-state index contributed by atoms with van der Waals surface area (Å²) >= 11 is 0. The molecule has 94 valence electrons. The first kappa shape index (κ1) is 12.5. The molecule has 17 heavy (non-hydrogen) atoms. The van der Waals surface area contributed by atoms with Crippen molar-refractivity contribution in [2.24, 2.45) is 11.8 Å². The second-order valence-electron chi connectivity index (χ2n) is 5.08. The highest BCUT2D eigenvalue weighted by atomic mass is 19.1. The van der Waals surface area contributed by atoms with Crippen molar-refractivity contribution in [2.75, 3.05) is 6.54 Å². The highest BCUT2D eigenvalue weighted by Gasteiger charge is 2.22. The minimum atomic E-state index is -0.504. The fourth-order valence-corrected chi connectivity index (χ4v) is 2.64. The summed E-state index contributed by atoms with van der Waals surface area (Å²) in [6.45, 7) is 3.76. The molecule has 0 heterocycles. The van der Waals surface area contributed by atoms with Crippen LogP contribution in [0.4, 0.5) is 8.78 Å². The smallest absolute Gasteiger partial charge is 0.126 e. The van der Waals surface area contributed by atoms with E-state index in [0.717, 1.165) is 18.5 Å². The van der Waals surface area contributed by atoms with Crippen molar-refractivity contribution in [2.45, 2.75) is 32.7 Å². The average molecular weight is 239 g/mol. The summed E-state index contributed by atoms with van der Waals surface area (Å²) in [4.78, 5) is 0. The van der Waals surface area contributed by atoms with Crippen molar-refractivity contribution in [3.8, 4) is 0 Å². The van der Waals surface area contributed by atoms with Crippen LogP contribution in [0.25, 0.3) is 0 Å². The fraction of sp³-hybridized carbons (Fsp3) is 0.571. The Bertz CT molecular complexity index is 358. The maximum atomic E-state index is 13.0. The Hall–Kier alpha value is -0.960. The molecule has 0 spiro atoms. The Morgan fingerprint density at radius 2 is 1.88 bits per heavy atom. The lowest BCUT2D eigenvalue weighted by Crippen LogP contribution is -2.24. The van der Waals surface area contributed by atoms with E-state index in [-0.39, 0.29) is 0 Å². The van der Waals surface area contributed by atoms with Crippen LogP contribution < -0.4 is 5.32 Å². The molecule has 0 radical (unpaired) electrons. The first-order valence-corrected chi connectivity index (χ1v) is 6.31. The van der Waals surface area contributed by atoms with Crippen molar-refractivity contribution >= 4 is 0 Å². The van der Waals surface area contributed by atoms with Gasteiger partial charge in [-0.2, -0.15) is 0 Å². The van der Waals surface area contributed by atoms with Gasteiger partial charge in [0, 0.05) is 12.6 Å². The summed E-state index contributed by atoms with van der Waals surface area (Å²) in [5.41, 5.74) is 0.674. The lowest BCUT2D eigenvalue weighted by molar-refractivity contribution is 0.391. The molecular formula is C14H19F2N. The van der Waals surface area contributed by atoms with Gasteiger partial charge in [-0.05, 0) is 42.5 Å². The van der Waals surface area contributed by atoms with Gasteiger partial charge in [-0.1, -0.05) is 19.8 Å². The lowest BCUT2D eigenvalue weighted by Gasteiger charge is -2.15. The van der Waals surface area contributed by atoms with E-state index < -0.39 is 11.6 Å². The van der Waals surface area contributed by atoms with Crippen LogP contribution in [0.1, 0.15) is 31.7 Å². The van der Waals surface area contributed by atoms with Gasteiger partial charge in [0.1, 0.15) is 11.6 Å². The molecule has 3 heteroatoms. The minimum Gasteiger partial charge on any atom is -0.312 e. The molecule has 2 atom stereocenters. The maximum Gasteiger partial charge on any atom is 0.126 e. The number of rotatable bonds is 4. The van der Waals surface area contributed by atoms with E-state index in [0.29, 0.717) is 18.0 Å². The van der Waals surface area contributed by atoms with Crippen LogP contribution in [-0.2, 0) is 6.54 Å². The Morgan fingerprint density at radius 1 is 1.18 bits per heavy atom. The van der Waals surface area contributed by atoms with E-state index in [9.17, 15) is 8.78 Å². The van der Waals surface area contributed by atoms with Gasteiger partial charge in [0.2, 0.25) is 0 Å². The van der Waals surface area contributed by atoms with Crippen LogP contribution in [0.3, 0.4) is 0 Å². The molecule has 1 fully saturated rings. The van der Waals surface area contributed by atoms with Crippen LogP contribution in [-0.4, -0.2) is 6.54 Å². The highest BCUT2D eigenvalue weighted by molar-refractivity contribution is 5.17. The quantitative estimate of drug-likeness (QED) is 0.848. The summed E-state index contributed by atoms with van der Waals surface area (Å²) in [7, 11) is 0. The molecule has 1 aliphatic rings. The van der Waals surface area contributed by atoms with E-state index in [1.54, 1.807) is 0 Å². The first-order chi connectivity index (χ1) is 8.15. The third kappa shape index (κ3) is 3.50. The van der Waals surface area contributed by atoms with Gasteiger partial charge in [-0.3, -0.25) is 0 Å². The molecule has 0 aliphatic heterocycles. The molecule has 0 saturated heterocycles. The molecule has 1 aromatic carbocycles. The molecule has 0 bridgehead atoms. The van der Waals surface area contributed by atoms with Crippen molar-refractivity contribution in [3.05, 3.63) is 35.4 Å². The zero-order chi connectivity index (χ0) is 12.3. The monoisotopic (exact) mass is 239 g/mol. The van der Waals surface area contributed by atoms with Crippen molar-refractivity contribution < 1.29 is 8.78 Å². The van der Waals surface area contributed by atoms with E-state index >= 15 is 0 Å². The second-order valence-corrected chi connectivity index (χ2v) is 5.08. The third-order valence-corrected chi connectivity index (χ3v) is 3.70. The van der Waals surface area contributed by atoms with Crippen LogP contribution >= 0.6 is 0 Å². The molecule has 1 aromatic rings. The normalized spacial score (nSPS) is 24.2. The minimum absolute atomic E-state index is 0.504. The van der Waals surface area contributed by atoms with Gasteiger partial charge in [0.15, 0.2) is 0 Å². The Morgan fingerprint density at radius 3 is 2.47 bits per heavy atom. The van der Waals surface area contributed by atoms with Gasteiger partial charge >= 0.3 is 0 Å². The standard InChI is InChI=1S/C14H19F2N/c1-10-3-2-4-12(10)9-17-8-11-5-13(15)7-14(16)6-11/h5-7,10,12,17H,2-4,8-9H2,1H3. The number of halogens is 2. The third-order valence-electron chi connectivity index (χ3n) is 3.70. The molecule has 0 aromatic heterocycles. The largest absolute Gasteiger partial charge is 0.312 e. The summed E-state index contributed by atoms with van der Waals surface area (Å²) in [5.74, 6) is 0.479. The predicted octanol–water partition coefficient (Wildman–Crippen LogP) is 3.49. The Balaban J connectivity index is 1.81. The average Bonchev–Trinajstić information content (AvgIpc) is 2.63. The van der Waals surface area contributed by atoms with E-state index in [1.165, 1.54) is 31.4 Å². The maximum absolute atomic E-state index is 13.0. The number of nitrogens with one attached hydrogen (secondary N) is 1. The number of benzene rings is 1. The Kier molecular flexibility index (Phi) is 4.11. The van der Waals surface area contributed by atoms with Gasteiger partial charge in [0.25, 0.3) is 0 Å². The zero-order valence-electron chi connectivity index (χ0n) is 10.2. The fourth-order valence-electron chi connectivity index (χ4n) is 2.64. The number of hydrogen-bond donors (Lipinski definition) is 1. The molecule has 1 nitrogen and oxygen atoms in total. The molecular weight excluding hydrogens is 220 g/mol. The predicted molar refractivity (Wildman–Crippen MR) is 64.6 cm³/mol. The molecule has 0 amide bonds. The van der Waals surface area contributed by atoms with Crippen molar-refractivity contribution in [1.29, 1.82) is 0 Å². The lowest BCUT2D eigenvalue weighted by atomic mass is 9.98. The van der Waals surface area contributed by atoms with Crippen LogP contribution in [0, 0.1) is 23.5 Å². The van der Waals surface area contributed by atoms with Crippen LogP contribution in [0.2, 0.25) is 0 Å². The molecule has 2 rings (SSSR count). The molecule has 1 aliphatic carbocycles.